The lowest BCUT2D eigenvalue weighted by Crippen LogP contribution is -2.43. The van der Waals surface area contributed by atoms with Crippen molar-refractivity contribution in [2.45, 2.75) is 31.1 Å². The van der Waals surface area contributed by atoms with E-state index in [2.05, 4.69) is 5.32 Å². The third-order valence-corrected chi connectivity index (χ3v) is 5.83. The van der Waals surface area contributed by atoms with E-state index in [4.69, 9.17) is 14.2 Å². The normalized spacial score (nSPS) is 22.5. The lowest BCUT2D eigenvalue weighted by atomic mass is 9.92. The summed E-state index contributed by atoms with van der Waals surface area (Å²) < 4.78 is 16.2. The van der Waals surface area contributed by atoms with Crippen molar-refractivity contribution in [3.63, 3.8) is 0 Å². The summed E-state index contributed by atoms with van der Waals surface area (Å²) in [6.45, 7) is 0.353. The van der Waals surface area contributed by atoms with E-state index in [0.717, 1.165) is 28.0 Å². The second-order valence-electron chi connectivity index (χ2n) is 7.76. The molecule has 2 aliphatic heterocycles. The molecule has 2 aromatic carbocycles. The Labute approximate surface area is 173 Å². The van der Waals surface area contributed by atoms with E-state index in [-0.39, 0.29) is 32.5 Å². The van der Waals surface area contributed by atoms with E-state index >= 15 is 0 Å². The van der Waals surface area contributed by atoms with E-state index in [9.17, 15) is 14.7 Å². The predicted molar refractivity (Wildman–Crippen MR) is 105 cm³/mol. The first-order valence-electron chi connectivity index (χ1n) is 9.94. The van der Waals surface area contributed by atoms with Gasteiger partial charge in [-0.15, -0.1) is 0 Å². The number of nitrogens with one attached hydrogen (secondary N) is 1. The zero-order valence-corrected chi connectivity index (χ0v) is 16.3. The van der Waals surface area contributed by atoms with Gasteiger partial charge in [-0.1, -0.05) is 30.3 Å². The van der Waals surface area contributed by atoms with Crippen LogP contribution in [0.5, 0.6) is 11.5 Å². The number of imide groups is 1. The number of benzene rings is 2. The molecule has 5 rings (SSSR count). The first-order chi connectivity index (χ1) is 14.6. The van der Waals surface area contributed by atoms with Gasteiger partial charge in [0.15, 0.2) is 11.5 Å². The molecule has 156 valence electrons. The van der Waals surface area contributed by atoms with Crippen LogP contribution in [0.3, 0.4) is 0 Å². The van der Waals surface area contributed by atoms with Crippen molar-refractivity contribution in [3.8, 4) is 11.5 Å². The van der Waals surface area contributed by atoms with Crippen LogP contribution in [0.1, 0.15) is 23.1 Å². The van der Waals surface area contributed by atoms with E-state index in [0.29, 0.717) is 17.9 Å². The van der Waals surface area contributed by atoms with Crippen LogP contribution in [0.25, 0.3) is 0 Å². The summed E-state index contributed by atoms with van der Waals surface area (Å²) in [6.07, 6.45) is 0.280. The van der Waals surface area contributed by atoms with Gasteiger partial charge in [0, 0.05) is 0 Å². The van der Waals surface area contributed by atoms with E-state index in [1.807, 2.05) is 42.5 Å². The van der Waals surface area contributed by atoms with Crippen LogP contribution in [0.2, 0.25) is 0 Å². The molecule has 8 nitrogen and oxygen atoms in total. The average Bonchev–Trinajstić information content (AvgIpc) is 3.42. The quantitative estimate of drug-likeness (QED) is 0.704. The number of aliphatic hydroxyl groups excluding tert-OH is 1. The fraction of sp³-hybridized carbons (Fsp3) is 0.364. The second-order valence-corrected chi connectivity index (χ2v) is 7.76. The molecule has 0 aromatic heterocycles. The second kappa shape index (κ2) is 7.30. The number of nitrogens with zero attached hydrogens (tertiary/aromatic N) is 1. The molecule has 2 aromatic rings. The maximum atomic E-state index is 13.1. The highest BCUT2D eigenvalue weighted by Gasteiger charge is 2.55. The molecule has 0 radical (unpaired) electrons. The molecule has 1 saturated heterocycles. The Morgan fingerprint density at radius 1 is 1.17 bits per heavy atom. The highest BCUT2D eigenvalue weighted by molar-refractivity contribution is 6.08. The molecule has 1 fully saturated rings. The van der Waals surface area contributed by atoms with Gasteiger partial charge in [-0.25, -0.2) is 4.79 Å². The number of urea groups is 1. The van der Waals surface area contributed by atoms with Crippen LogP contribution in [-0.2, 0) is 28.1 Å². The van der Waals surface area contributed by atoms with Gasteiger partial charge in [0.25, 0.3) is 5.91 Å². The molecule has 3 aliphatic rings. The fourth-order valence-corrected chi connectivity index (χ4v) is 4.36. The van der Waals surface area contributed by atoms with Gasteiger partial charge in [0.05, 0.1) is 25.9 Å². The third kappa shape index (κ3) is 3.09. The molecule has 30 heavy (non-hydrogen) atoms. The summed E-state index contributed by atoms with van der Waals surface area (Å²) >= 11 is 0. The Hall–Kier alpha value is -3.10. The number of fused-ring (bicyclic) bond motifs is 3. The molecular weight excluding hydrogens is 388 g/mol. The van der Waals surface area contributed by atoms with E-state index in [1.165, 1.54) is 0 Å². The number of aryl methyl sites for hydroxylation is 1. The Morgan fingerprint density at radius 3 is 2.90 bits per heavy atom. The van der Waals surface area contributed by atoms with E-state index < -0.39 is 17.7 Å². The number of β-amino-alcohol motifs (C(OH)–C–C–N with tert-alkyl or cyclic N) is 1. The maximum Gasteiger partial charge on any atom is 0.325 e. The highest BCUT2D eigenvalue weighted by atomic mass is 16.7. The van der Waals surface area contributed by atoms with Gasteiger partial charge in [-0.2, -0.15) is 0 Å². The summed E-state index contributed by atoms with van der Waals surface area (Å²) in [4.78, 5) is 26.7. The minimum absolute atomic E-state index is 0.00487. The van der Waals surface area contributed by atoms with Gasteiger partial charge in [0.2, 0.25) is 6.79 Å². The van der Waals surface area contributed by atoms with Gasteiger partial charge in [-0.3, -0.25) is 9.69 Å². The van der Waals surface area contributed by atoms with Crippen molar-refractivity contribution < 1.29 is 28.9 Å². The van der Waals surface area contributed by atoms with Gasteiger partial charge in [-0.05, 0) is 41.7 Å². The molecule has 0 bridgehead atoms. The van der Waals surface area contributed by atoms with Crippen LogP contribution >= 0.6 is 0 Å². The molecular formula is C22H22N2O6. The van der Waals surface area contributed by atoms with Crippen LogP contribution in [0.15, 0.2) is 42.5 Å². The number of aliphatic hydroxyl groups is 1. The van der Waals surface area contributed by atoms with Crippen LogP contribution in [0.4, 0.5) is 4.79 Å². The van der Waals surface area contributed by atoms with Gasteiger partial charge < -0.3 is 24.6 Å². The summed E-state index contributed by atoms with van der Waals surface area (Å²) in [5.41, 5.74) is 1.78. The first kappa shape index (κ1) is 18.9. The highest BCUT2D eigenvalue weighted by Crippen LogP contribution is 2.41. The largest absolute Gasteiger partial charge is 0.454 e. The van der Waals surface area contributed by atoms with Crippen molar-refractivity contribution >= 4 is 11.9 Å². The summed E-state index contributed by atoms with van der Waals surface area (Å²) in [6, 6.07) is 12.7. The summed E-state index contributed by atoms with van der Waals surface area (Å²) in [7, 11) is 0. The molecule has 1 aliphatic carbocycles. The lowest BCUT2D eigenvalue weighted by molar-refractivity contribution is -0.133. The zero-order valence-electron chi connectivity index (χ0n) is 16.3. The standard InChI is InChI=1S/C22H22N2O6/c25-16(12-28-11-14-5-6-18-19(9-14)30-13-29-18)10-24-20(26)22(23-21(24)27)8-7-15-3-1-2-4-17(15)22/h1-6,9,16,25H,7-8,10-13H2,(H,23,27)/t16-,22+/m1/s1. The summed E-state index contributed by atoms with van der Waals surface area (Å²) in [5, 5.41) is 13.2. The van der Waals surface area contributed by atoms with Crippen molar-refractivity contribution in [2.24, 2.45) is 0 Å². The van der Waals surface area contributed by atoms with Gasteiger partial charge in [0.1, 0.15) is 5.54 Å². The van der Waals surface area contributed by atoms with Crippen molar-refractivity contribution in [1.29, 1.82) is 0 Å². The topological polar surface area (TPSA) is 97.3 Å². The number of hydrogen-bond acceptors (Lipinski definition) is 6. The Bertz CT molecular complexity index is 1010. The SMILES string of the molecule is O=C1N[C@]2(CCc3ccccc32)C(=O)N1C[C@@H](O)COCc1ccc2c(c1)OCO2. The summed E-state index contributed by atoms with van der Waals surface area (Å²) in [5.74, 6) is 1.05. The van der Waals surface area contributed by atoms with E-state index in [1.54, 1.807) is 0 Å². The number of hydrogen-bond donors (Lipinski definition) is 2. The third-order valence-electron chi connectivity index (χ3n) is 5.83. The number of amides is 3. The monoisotopic (exact) mass is 410 g/mol. The fourth-order valence-electron chi connectivity index (χ4n) is 4.36. The molecule has 2 N–H and O–H groups in total. The van der Waals surface area contributed by atoms with Crippen molar-refractivity contribution in [1.82, 2.24) is 10.2 Å². The molecule has 8 heteroatoms. The maximum absolute atomic E-state index is 13.1. The number of rotatable bonds is 6. The number of carbonyl (C=O) groups excluding carboxylic acids is 2. The average molecular weight is 410 g/mol. The Morgan fingerprint density at radius 2 is 2.00 bits per heavy atom. The smallest absolute Gasteiger partial charge is 0.325 e. The minimum Gasteiger partial charge on any atom is -0.454 e. The number of carbonyl (C=O) groups is 2. The predicted octanol–water partition coefficient (Wildman–Crippen LogP) is 1.69. The van der Waals surface area contributed by atoms with Gasteiger partial charge >= 0.3 is 6.03 Å². The van der Waals surface area contributed by atoms with Crippen LogP contribution < -0.4 is 14.8 Å². The zero-order chi connectivity index (χ0) is 20.7. The molecule has 2 heterocycles. The molecule has 2 atom stereocenters. The molecule has 0 unspecified atom stereocenters. The molecule has 1 spiro atoms. The first-order valence-corrected chi connectivity index (χ1v) is 9.94. The Balaban J connectivity index is 1.19. The van der Waals surface area contributed by atoms with Crippen LogP contribution in [-0.4, -0.2) is 48.0 Å². The molecule has 3 amide bonds. The molecule has 0 saturated carbocycles. The van der Waals surface area contributed by atoms with Crippen molar-refractivity contribution in [2.75, 3.05) is 19.9 Å². The Kier molecular flexibility index (Phi) is 4.60. The minimum atomic E-state index is -1.01. The van der Waals surface area contributed by atoms with Crippen molar-refractivity contribution in [3.05, 3.63) is 59.2 Å². The lowest BCUT2D eigenvalue weighted by Gasteiger charge is -2.23. The van der Waals surface area contributed by atoms with Crippen LogP contribution in [0, 0.1) is 0 Å². The number of ether oxygens (including phenoxy) is 3.